The number of piperidine rings is 1. The van der Waals surface area contributed by atoms with E-state index in [4.69, 9.17) is 0 Å². The van der Waals surface area contributed by atoms with Crippen molar-refractivity contribution in [1.29, 1.82) is 0 Å². The van der Waals surface area contributed by atoms with E-state index < -0.39 is 0 Å². The number of H-pyrrole nitrogens is 1. The fourth-order valence-electron chi connectivity index (χ4n) is 3.94. The summed E-state index contributed by atoms with van der Waals surface area (Å²) in [6, 6.07) is 18.8. The van der Waals surface area contributed by atoms with Gasteiger partial charge in [-0.3, -0.25) is 9.89 Å². The first kappa shape index (κ1) is 18.5. The smallest absolute Gasteiger partial charge is 0.271 e. The van der Waals surface area contributed by atoms with Crippen LogP contribution in [0, 0.1) is 19.8 Å². The molecular formula is C24H27N3O. The van der Waals surface area contributed by atoms with E-state index in [-0.39, 0.29) is 5.91 Å². The molecule has 1 N–H and O–H groups in total. The molecule has 1 fully saturated rings. The summed E-state index contributed by atoms with van der Waals surface area (Å²) in [5.74, 6) is 0.708. The second kappa shape index (κ2) is 8.01. The Balaban J connectivity index is 1.38. The van der Waals surface area contributed by atoms with E-state index in [1.54, 1.807) is 0 Å². The Morgan fingerprint density at radius 2 is 1.79 bits per heavy atom. The van der Waals surface area contributed by atoms with Crippen molar-refractivity contribution in [2.75, 3.05) is 13.1 Å². The minimum Gasteiger partial charge on any atom is -0.337 e. The van der Waals surface area contributed by atoms with Crippen molar-refractivity contribution in [2.24, 2.45) is 5.92 Å². The van der Waals surface area contributed by atoms with E-state index in [0.29, 0.717) is 11.6 Å². The number of hydrogen-bond acceptors (Lipinski definition) is 2. The van der Waals surface area contributed by atoms with E-state index in [0.717, 1.165) is 43.6 Å². The number of carbonyl (C=O) groups excluding carboxylic acids is 1. The SMILES string of the molecule is Cc1ccc(-c2cc(C(=O)N3CCC(Cc4ccccc4)CC3)[nH]n2)cc1C. The van der Waals surface area contributed by atoms with Crippen LogP contribution in [0.5, 0.6) is 0 Å². The van der Waals surface area contributed by atoms with E-state index in [1.165, 1.54) is 16.7 Å². The lowest BCUT2D eigenvalue weighted by atomic mass is 9.90. The maximum Gasteiger partial charge on any atom is 0.271 e. The molecule has 4 rings (SSSR count). The highest BCUT2D eigenvalue weighted by Crippen LogP contribution is 2.24. The van der Waals surface area contributed by atoms with E-state index in [9.17, 15) is 4.79 Å². The molecule has 1 saturated heterocycles. The van der Waals surface area contributed by atoms with Gasteiger partial charge in [-0.2, -0.15) is 5.10 Å². The van der Waals surface area contributed by atoms with Gasteiger partial charge in [-0.05, 0) is 67.9 Å². The average Bonchev–Trinajstić information content (AvgIpc) is 3.21. The number of hydrogen-bond donors (Lipinski definition) is 1. The van der Waals surface area contributed by atoms with Crippen LogP contribution in [0.25, 0.3) is 11.3 Å². The average molecular weight is 374 g/mol. The molecule has 2 heterocycles. The number of rotatable bonds is 4. The van der Waals surface area contributed by atoms with Gasteiger partial charge in [0.2, 0.25) is 0 Å². The number of likely N-dealkylation sites (tertiary alicyclic amines) is 1. The maximum absolute atomic E-state index is 12.9. The van der Waals surface area contributed by atoms with Crippen LogP contribution in [0.15, 0.2) is 54.6 Å². The summed E-state index contributed by atoms with van der Waals surface area (Å²) in [6.07, 6.45) is 3.21. The van der Waals surface area contributed by atoms with Crippen molar-refractivity contribution < 1.29 is 4.79 Å². The molecule has 3 aromatic rings. The number of nitrogens with one attached hydrogen (secondary N) is 1. The molecule has 0 unspecified atom stereocenters. The molecule has 0 bridgehead atoms. The van der Waals surface area contributed by atoms with Crippen LogP contribution in [-0.4, -0.2) is 34.1 Å². The van der Waals surface area contributed by atoms with Crippen molar-refractivity contribution in [3.8, 4) is 11.3 Å². The maximum atomic E-state index is 12.9. The molecule has 4 heteroatoms. The first-order valence-corrected chi connectivity index (χ1v) is 10.1. The number of benzene rings is 2. The van der Waals surface area contributed by atoms with Crippen LogP contribution in [0.3, 0.4) is 0 Å². The van der Waals surface area contributed by atoms with Gasteiger partial charge in [-0.15, -0.1) is 0 Å². The van der Waals surface area contributed by atoms with Gasteiger partial charge in [-0.1, -0.05) is 42.5 Å². The number of aromatic nitrogens is 2. The highest BCUT2D eigenvalue weighted by molar-refractivity contribution is 5.93. The predicted octanol–water partition coefficient (Wildman–Crippen LogP) is 4.79. The van der Waals surface area contributed by atoms with Gasteiger partial charge in [0.25, 0.3) is 5.91 Å². The summed E-state index contributed by atoms with van der Waals surface area (Å²) in [7, 11) is 0. The Morgan fingerprint density at radius 3 is 2.50 bits per heavy atom. The number of aromatic amines is 1. The minimum atomic E-state index is 0.0562. The highest BCUT2D eigenvalue weighted by Gasteiger charge is 2.25. The van der Waals surface area contributed by atoms with Crippen LogP contribution in [-0.2, 0) is 6.42 Å². The third kappa shape index (κ3) is 4.01. The van der Waals surface area contributed by atoms with Crippen LogP contribution < -0.4 is 0 Å². The van der Waals surface area contributed by atoms with Gasteiger partial charge in [-0.25, -0.2) is 0 Å². The Morgan fingerprint density at radius 1 is 1.04 bits per heavy atom. The van der Waals surface area contributed by atoms with Crippen LogP contribution >= 0.6 is 0 Å². The lowest BCUT2D eigenvalue weighted by Crippen LogP contribution is -2.39. The van der Waals surface area contributed by atoms with E-state index >= 15 is 0 Å². The zero-order valence-electron chi connectivity index (χ0n) is 16.6. The molecule has 1 aliphatic heterocycles. The molecule has 4 nitrogen and oxygen atoms in total. The van der Waals surface area contributed by atoms with Crippen molar-refractivity contribution >= 4 is 5.91 Å². The molecule has 1 aliphatic rings. The fourth-order valence-corrected chi connectivity index (χ4v) is 3.94. The molecule has 1 aromatic heterocycles. The van der Waals surface area contributed by atoms with Crippen LogP contribution in [0.1, 0.15) is 40.0 Å². The second-order valence-corrected chi connectivity index (χ2v) is 7.89. The quantitative estimate of drug-likeness (QED) is 0.715. The molecular weight excluding hydrogens is 346 g/mol. The van der Waals surface area contributed by atoms with Gasteiger partial charge in [0.1, 0.15) is 5.69 Å². The predicted molar refractivity (Wildman–Crippen MR) is 112 cm³/mol. The minimum absolute atomic E-state index is 0.0562. The molecule has 1 amide bonds. The van der Waals surface area contributed by atoms with Crippen LogP contribution in [0.4, 0.5) is 0 Å². The summed E-state index contributed by atoms with van der Waals surface area (Å²) in [5.41, 5.74) is 6.32. The van der Waals surface area contributed by atoms with Crippen molar-refractivity contribution in [1.82, 2.24) is 15.1 Å². The van der Waals surface area contributed by atoms with E-state index in [1.807, 2.05) is 11.0 Å². The first-order chi connectivity index (χ1) is 13.6. The summed E-state index contributed by atoms with van der Waals surface area (Å²) in [6.45, 7) is 5.82. The first-order valence-electron chi connectivity index (χ1n) is 10.1. The zero-order chi connectivity index (χ0) is 19.5. The molecule has 0 spiro atoms. The molecule has 2 aromatic carbocycles. The molecule has 0 atom stereocenters. The number of amides is 1. The summed E-state index contributed by atoms with van der Waals surface area (Å²) < 4.78 is 0. The lowest BCUT2D eigenvalue weighted by molar-refractivity contribution is 0.0684. The lowest BCUT2D eigenvalue weighted by Gasteiger charge is -2.31. The summed E-state index contributed by atoms with van der Waals surface area (Å²) in [5, 5.41) is 7.32. The molecule has 0 aliphatic carbocycles. The monoisotopic (exact) mass is 373 g/mol. The van der Waals surface area contributed by atoms with Gasteiger partial charge in [0, 0.05) is 18.7 Å². The Labute approximate surface area is 166 Å². The van der Waals surface area contributed by atoms with Gasteiger partial charge in [0.05, 0.1) is 5.69 Å². The Kier molecular flexibility index (Phi) is 5.29. The Hall–Kier alpha value is -2.88. The van der Waals surface area contributed by atoms with Crippen molar-refractivity contribution in [2.45, 2.75) is 33.1 Å². The Bertz CT molecular complexity index is 953. The second-order valence-electron chi connectivity index (χ2n) is 7.89. The zero-order valence-corrected chi connectivity index (χ0v) is 16.6. The van der Waals surface area contributed by atoms with Gasteiger partial charge >= 0.3 is 0 Å². The topological polar surface area (TPSA) is 49.0 Å². The number of nitrogens with zero attached hydrogens (tertiary/aromatic N) is 2. The fraction of sp³-hybridized carbons (Fsp3) is 0.333. The summed E-state index contributed by atoms with van der Waals surface area (Å²) in [4.78, 5) is 14.8. The van der Waals surface area contributed by atoms with E-state index in [2.05, 4.69) is 72.6 Å². The highest BCUT2D eigenvalue weighted by atomic mass is 16.2. The van der Waals surface area contributed by atoms with Crippen molar-refractivity contribution in [3.63, 3.8) is 0 Å². The van der Waals surface area contributed by atoms with Crippen molar-refractivity contribution in [3.05, 3.63) is 77.0 Å². The molecule has 0 saturated carbocycles. The van der Waals surface area contributed by atoms with Crippen LogP contribution in [0.2, 0.25) is 0 Å². The third-order valence-corrected chi connectivity index (χ3v) is 5.88. The number of aryl methyl sites for hydroxylation is 2. The standard InChI is InChI=1S/C24H27N3O/c1-17-8-9-21(14-18(17)2)22-16-23(26-25-22)24(28)27-12-10-20(11-13-27)15-19-6-4-3-5-7-19/h3-9,14,16,20H,10-13,15H2,1-2H3,(H,25,26). The third-order valence-electron chi connectivity index (χ3n) is 5.88. The van der Waals surface area contributed by atoms with Gasteiger partial charge < -0.3 is 4.90 Å². The summed E-state index contributed by atoms with van der Waals surface area (Å²) >= 11 is 0. The number of carbonyl (C=O) groups is 1. The van der Waals surface area contributed by atoms with Gasteiger partial charge in [0.15, 0.2) is 0 Å². The molecule has 144 valence electrons. The molecule has 0 radical (unpaired) electrons. The molecule has 28 heavy (non-hydrogen) atoms. The normalized spacial score (nSPS) is 15.0. The largest absolute Gasteiger partial charge is 0.337 e.